The quantitative estimate of drug-likeness (QED) is 0.658. The van der Waals surface area contributed by atoms with E-state index in [-0.39, 0.29) is 17.9 Å². The molecule has 1 aliphatic rings. The smallest absolute Gasteiger partial charge is 0.328 e. The monoisotopic (exact) mass is 293 g/mol. The Hall–Kier alpha value is -1.48. The van der Waals surface area contributed by atoms with Crippen LogP contribution in [-0.4, -0.2) is 18.6 Å². The SMILES string of the molecule is CCOC(=O)C(Nc1ccc(Cl)cc1)C1CC=CCC1. The van der Waals surface area contributed by atoms with Crippen LogP contribution in [0.5, 0.6) is 0 Å². The van der Waals surface area contributed by atoms with Crippen LogP contribution in [0.25, 0.3) is 0 Å². The van der Waals surface area contributed by atoms with E-state index < -0.39 is 0 Å². The Balaban J connectivity index is 2.10. The molecule has 1 aromatic rings. The third kappa shape index (κ3) is 4.01. The van der Waals surface area contributed by atoms with Gasteiger partial charge in [-0.25, -0.2) is 4.79 Å². The summed E-state index contributed by atoms with van der Waals surface area (Å²) in [6, 6.07) is 7.08. The van der Waals surface area contributed by atoms with Crippen molar-refractivity contribution in [1.29, 1.82) is 0 Å². The number of halogens is 1. The highest BCUT2D eigenvalue weighted by Gasteiger charge is 2.29. The first kappa shape index (κ1) is 14.9. The molecule has 3 nitrogen and oxygen atoms in total. The van der Waals surface area contributed by atoms with Gasteiger partial charge >= 0.3 is 5.97 Å². The topological polar surface area (TPSA) is 38.3 Å². The van der Waals surface area contributed by atoms with Crippen molar-refractivity contribution in [2.45, 2.75) is 32.2 Å². The van der Waals surface area contributed by atoms with Crippen molar-refractivity contribution in [2.24, 2.45) is 5.92 Å². The van der Waals surface area contributed by atoms with Crippen LogP contribution in [-0.2, 0) is 9.53 Å². The fourth-order valence-corrected chi connectivity index (χ4v) is 2.57. The van der Waals surface area contributed by atoms with E-state index in [0.717, 1.165) is 24.9 Å². The molecule has 0 heterocycles. The lowest BCUT2D eigenvalue weighted by Gasteiger charge is -2.28. The van der Waals surface area contributed by atoms with Gasteiger partial charge in [-0.3, -0.25) is 0 Å². The van der Waals surface area contributed by atoms with Gasteiger partial charge in [0.2, 0.25) is 0 Å². The van der Waals surface area contributed by atoms with Gasteiger partial charge in [-0.1, -0.05) is 23.8 Å². The molecule has 0 radical (unpaired) electrons. The Bertz CT molecular complexity index is 470. The number of benzene rings is 1. The van der Waals surface area contributed by atoms with E-state index in [2.05, 4.69) is 17.5 Å². The summed E-state index contributed by atoms with van der Waals surface area (Å²) in [7, 11) is 0. The van der Waals surface area contributed by atoms with Gasteiger partial charge in [-0.15, -0.1) is 0 Å². The largest absolute Gasteiger partial charge is 0.464 e. The summed E-state index contributed by atoms with van der Waals surface area (Å²) >= 11 is 5.88. The molecule has 2 atom stereocenters. The van der Waals surface area contributed by atoms with Gasteiger partial charge < -0.3 is 10.1 Å². The highest BCUT2D eigenvalue weighted by Crippen LogP contribution is 2.25. The van der Waals surface area contributed by atoms with Crippen LogP contribution < -0.4 is 5.32 Å². The van der Waals surface area contributed by atoms with Gasteiger partial charge in [0.05, 0.1) is 6.61 Å². The van der Waals surface area contributed by atoms with Crippen molar-refractivity contribution in [3.8, 4) is 0 Å². The summed E-state index contributed by atoms with van der Waals surface area (Å²) in [6.07, 6.45) is 7.23. The van der Waals surface area contributed by atoms with Crippen LogP contribution in [0.15, 0.2) is 36.4 Å². The number of nitrogens with one attached hydrogen (secondary N) is 1. The maximum absolute atomic E-state index is 12.2. The third-order valence-corrected chi connectivity index (χ3v) is 3.74. The molecule has 0 amide bonds. The maximum Gasteiger partial charge on any atom is 0.328 e. The Labute approximate surface area is 125 Å². The van der Waals surface area contributed by atoms with Crippen molar-refractivity contribution in [2.75, 3.05) is 11.9 Å². The highest BCUT2D eigenvalue weighted by molar-refractivity contribution is 6.30. The number of rotatable bonds is 5. The second-order valence-electron chi connectivity index (χ2n) is 4.93. The number of anilines is 1. The summed E-state index contributed by atoms with van der Waals surface area (Å²) in [5.74, 6) is 0.0949. The van der Waals surface area contributed by atoms with Gasteiger partial charge in [0.25, 0.3) is 0 Å². The lowest BCUT2D eigenvalue weighted by atomic mass is 9.87. The van der Waals surface area contributed by atoms with Crippen molar-refractivity contribution < 1.29 is 9.53 Å². The van der Waals surface area contributed by atoms with E-state index in [0.29, 0.717) is 11.6 Å². The van der Waals surface area contributed by atoms with Crippen LogP contribution in [0.4, 0.5) is 5.69 Å². The first-order chi connectivity index (χ1) is 9.70. The van der Waals surface area contributed by atoms with E-state index in [9.17, 15) is 4.79 Å². The van der Waals surface area contributed by atoms with E-state index >= 15 is 0 Å². The summed E-state index contributed by atoms with van der Waals surface area (Å²) in [4.78, 5) is 12.2. The predicted molar refractivity (Wildman–Crippen MR) is 82.0 cm³/mol. The molecule has 1 aromatic carbocycles. The third-order valence-electron chi connectivity index (χ3n) is 3.49. The van der Waals surface area contributed by atoms with Crippen LogP contribution in [0.2, 0.25) is 5.02 Å². The Morgan fingerprint density at radius 1 is 1.40 bits per heavy atom. The summed E-state index contributed by atoms with van der Waals surface area (Å²) in [6.45, 7) is 2.23. The fourth-order valence-electron chi connectivity index (χ4n) is 2.45. The molecular formula is C16H20ClNO2. The zero-order chi connectivity index (χ0) is 14.4. The van der Waals surface area contributed by atoms with Crippen LogP contribution in [0, 0.1) is 5.92 Å². The Morgan fingerprint density at radius 3 is 2.75 bits per heavy atom. The number of esters is 1. The summed E-state index contributed by atoms with van der Waals surface area (Å²) < 4.78 is 5.20. The molecule has 108 valence electrons. The van der Waals surface area contributed by atoms with Crippen LogP contribution >= 0.6 is 11.6 Å². The van der Waals surface area contributed by atoms with Crippen molar-refractivity contribution in [3.05, 3.63) is 41.4 Å². The fraction of sp³-hybridized carbons (Fsp3) is 0.438. The standard InChI is InChI=1S/C16H20ClNO2/c1-2-20-16(19)15(12-6-4-3-5-7-12)18-14-10-8-13(17)9-11-14/h3-4,8-12,15,18H,2,5-7H2,1H3. The molecule has 0 spiro atoms. The molecule has 0 bridgehead atoms. The second-order valence-corrected chi connectivity index (χ2v) is 5.36. The van der Waals surface area contributed by atoms with Crippen molar-refractivity contribution in [1.82, 2.24) is 0 Å². The molecule has 0 aliphatic heterocycles. The highest BCUT2D eigenvalue weighted by atomic mass is 35.5. The zero-order valence-corrected chi connectivity index (χ0v) is 12.4. The molecule has 1 aliphatic carbocycles. The normalized spacial score (nSPS) is 19.4. The second kappa shape index (κ2) is 7.34. The molecule has 1 N–H and O–H groups in total. The van der Waals surface area contributed by atoms with Crippen LogP contribution in [0.3, 0.4) is 0 Å². The number of hydrogen-bond acceptors (Lipinski definition) is 3. The molecular weight excluding hydrogens is 274 g/mol. The van der Waals surface area contributed by atoms with Gasteiger partial charge in [-0.2, -0.15) is 0 Å². The number of carbonyl (C=O) groups is 1. The van der Waals surface area contributed by atoms with E-state index in [1.807, 2.05) is 31.2 Å². The van der Waals surface area contributed by atoms with Gasteiger partial charge in [0.1, 0.15) is 6.04 Å². The first-order valence-corrected chi connectivity index (χ1v) is 7.42. The Kier molecular flexibility index (Phi) is 5.48. The number of hydrogen-bond donors (Lipinski definition) is 1. The van der Waals surface area contributed by atoms with Gasteiger partial charge in [0.15, 0.2) is 0 Å². The molecule has 4 heteroatoms. The van der Waals surface area contributed by atoms with Crippen molar-refractivity contribution >= 4 is 23.3 Å². The summed E-state index contributed by atoms with van der Waals surface area (Å²) in [5.41, 5.74) is 0.891. The number of carbonyl (C=O) groups excluding carboxylic acids is 1. The summed E-state index contributed by atoms with van der Waals surface area (Å²) in [5, 5.41) is 3.98. The lowest BCUT2D eigenvalue weighted by Crippen LogP contribution is -2.38. The first-order valence-electron chi connectivity index (χ1n) is 7.04. The zero-order valence-electron chi connectivity index (χ0n) is 11.6. The molecule has 0 saturated heterocycles. The Morgan fingerprint density at radius 2 is 2.15 bits per heavy atom. The van der Waals surface area contributed by atoms with Crippen LogP contribution in [0.1, 0.15) is 26.2 Å². The van der Waals surface area contributed by atoms with E-state index in [1.165, 1.54) is 0 Å². The minimum absolute atomic E-state index is 0.178. The average Bonchev–Trinajstić information content (AvgIpc) is 2.48. The molecule has 2 unspecified atom stereocenters. The number of allylic oxidation sites excluding steroid dienone is 2. The number of ether oxygens (including phenoxy) is 1. The lowest BCUT2D eigenvalue weighted by molar-refractivity contribution is -0.145. The molecule has 0 saturated carbocycles. The molecule has 2 rings (SSSR count). The molecule has 0 aromatic heterocycles. The van der Waals surface area contributed by atoms with Gasteiger partial charge in [-0.05, 0) is 56.4 Å². The van der Waals surface area contributed by atoms with Crippen molar-refractivity contribution in [3.63, 3.8) is 0 Å². The molecule has 0 fully saturated rings. The van der Waals surface area contributed by atoms with E-state index in [4.69, 9.17) is 16.3 Å². The van der Waals surface area contributed by atoms with Gasteiger partial charge in [0, 0.05) is 10.7 Å². The predicted octanol–water partition coefficient (Wildman–Crippen LogP) is 4.04. The minimum Gasteiger partial charge on any atom is -0.464 e. The van der Waals surface area contributed by atoms with E-state index in [1.54, 1.807) is 0 Å². The molecule has 20 heavy (non-hydrogen) atoms. The minimum atomic E-state index is -0.305. The maximum atomic E-state index is 12.2. The average molecular weight is 294 g/mol.